The minimum absolute atomic E-state index is 0.197. The summed E-state index contributed by atoms with van der Waals surface area (Å²) in [6, 6.07) is 0. The van der Waals surface area contributed by atoms with Gasteiger partial charge in [0.25, 0.3) is 0 Å². The standard InChI is InChI=1S/C7H10O3/c1-4(2)6-5(3-8)10-7(6)9/h3-6H,1-2H3. The summed E-state index contributed by atoms with van der Waals surface area (Å²) in [5.41, 5.74) is 0. The molecule has 3 nitrogen and oxygen atoms in total. The lowest BCUT2D eigenvalue weighted by atomic mass is 9.87. The highest BCUT2D eigenvalue weighted by Gasteiger charge is 2.43. The molecule has 0 aliphatic carbocycles. The Kier molecular flexibility index (Phi) is 1.74. The fraction of sp³-hybridized carbons (Fsp3) is 0.714. The second kappa shape index (κ2) is 2.40. The lowest BCUT2D eigenvalue weighted by Crippen LogP contribution is -2.48. The quantitative estimate of drug-likeness (QED) is 0.413. The molecule has 0 N–H and O–H groups in total. The van der Waals surface area contributed by atoms with Crippen LogP contribution in [0.2, 0.25) is 0 Å². The van der Waals surface area contributed by atoms with Crippen molar-refractivity contribution in [2.45, 2.75) is 20.0 Å². The van der Waals surface area contributed by atoms with Gasteiger partial charge in [0.15, 0.2) is 12.4 Å². The van der Waals surface area contributed by atoms with Crippen LogP contribution in [0.25, 0.3) is 0 Å². The van der Waals surface area contributed by atoms with Crippen molar-refractivity contribution in [3.63, 3.8) is 0 Å². The molecule has 0 saturated carbocycles. The number of ether oxygens (including phenoxy) is 1. The molecule has 0 aromatic heterocycles. The summed E-state index contributed by atoms with van der Waals surface area (Å²) in [7, 11) is 0. The van der Waals surface area contributed by atoms with Crippen molar-refractivity contribution in [3.05, 3.63) is 0 Å². The highest BCUT2D eigenvalue weighted by Crippen LogP contribution is 2.27. The number of carbonyl (C=O) groups is 2. The van der Waals surface area contributed by atoms with E-state index < -0.39 is 6.10 Å². The molecule has 0 spiro atoms. The molecule has 0 radical (unpaired) electrons. The summed E-state index contributed by atoms with van der Waals surface area (Å²) in [6.07, 6.45) is 0.207. The van der Waals surface area contributed by atoms with Gasteiger partial charge in [-0.15, -0.1) is 0 Å². The fourth-order valence-electron chi connectivity index (χ4n) is 1.11. The minimum atomic E-state index is -0.479. The van der Waals surface area contributed by atoms with Crippen molar-refractivity contribution in [2.24, 2.45) is 11.8 Å². The van der Waals surface area contributed by atoms with Crippen molar-refractivity contribution in [2.75, 3.05) is 0 Å². The van der Waals surface area contributed by atoms with E-state index in [2.05, 4.69) is 4.74 Å². The van der Waals surface area contributed by atoms with Crippen molar-refractivity contribution < 1.29 is 14.3 Å². The van der Waals surface area contributed by atoms with E-state index in [4.69, 9.17) is 0 Å². The van der Waals surface area contributed by atoms with E-state index in [9.17, 15) is 9.59 Å². The number of aldehydes is 1. The van der Waals surface area contributed by atoms with Gasteiger partial charge >= 0.3 is 5.97 Å². The molecule has 56 valence electrons. The SMILES string of the molecule is CC(C)C1C(=O)OC1C=O. The molecule has 0 amide bonds. The topological polar surface area (TPSA) is 43.4 Å². The first-order valence-corrected chi connectivity index (χ1v) is 3.32. The molecule has 1 aliphatic heterocycles. The molecule has 0 aromatic carbocycles. The normalized spacial score (nSPS) is 31.3. The first-order chi connectivity index (χ1) is 4.66. The van der Waals surface area contributed by atoms with Gasteiger partial charge in [-0.25, -0.2) is 0 Å². The van der Waals surface area contributed by atoms with Crippen LogP contribution in [0.4, 0.5) is 0 Å². The van der Waals surface area contributed by atoms with Crippen LogP contribution < -0.4 is 0 Å². The summed E-state index contributed by atoms with van der Waals surface area (Å²) in [5.74, 6) is -0.235. The highest BCUT2D eigenvalue weighted by molar-refractivity contribution is 5.86. The molecule has 1 aliphatic rings. The Morgan fingerprint density at radius 3 is 2.40 bits per heavy atom. The van der Waals surface area contributed by atoms with Gasteiger partial charge in [0.1, 0.15) is 5.92 Å². The second-order valence-corrected chi connectivity index (χ2v) is 2.81. The van der Waals surface area contributed by atoms with Gasteiger partial charge in [-0.3, -0.25) is 9.59 Å². The zero-order valence-corrected chi connectivity index (χ0v) is 6.03. The Morgan fingerprint density at radius 1 is 1.60 bits per heavy atom. The van der Waals surface area contributed by atoms with Gasteiger partial charge in [0.05, 0.1) is 0 Å². The van der Waals surface area contributed by atoms with Crippen molar-refractivity contribution >= 4 is 12.3 Å². The van der Waals surface area contributed by atoms with Gasteiger partial charge in [0.2, 0.25) is 0 Å². The predicted molar refractivity (Wildman–Crippen MR) is 34.3 cm³/mol. The minimum Gasteiger partial charge on any atom is -0.453 e. The van der Waals surface area contributed by atoms with Crippen LogP contribution >= 0.6 is 0 Å². The Labute approximate surface area is 59.4 Å². The number of hydrogen-bond acceptors (Lipinski definition) is 3. The smallest absolute Gasteiger partial charge is 0.314 e. The molecule has 1 fully saturated rings. The van der Waals surface area contributed by atoms with E-state index in [0.29, 0.717) is 6.29 Å². The molecule has 0 aromatic rings. The number of hydrogen-bond donors (Lipinski definition) is 0. The Morgan fingerprint density at radius 2 is 2.20 bits per heavy atom. The average molecular weight is 142 g/mol. The van der Waals surface area contributed by atoms with Crippen LogP contribution in [0.5, 0.6) is 0 Å². The number of cyclic esters (lactones) is 1. The predicted octanol–water partition coefficient (Wildman–Crippen LogP) is 0.383. The van der Waals surface area contributed by atoms with Gasteiger partial charge in [-0.1, -0.05) is 13.8 Å². The van der Waals surface area contributed by atoms with Crippen LogP contribution in [0.1, 0.15) is 13.8 Å². The number of esters is 1. The van der Waals surface area contributed by atoms with Gasteiger partial charge < -0.3 is 4.74 Å². The van der Waals surface area contributed by atoms with E-state index in [1.54, 1.807) is 0 Å². The highest BCUT2D eigenvalue weighted by atomic mass is 16.6. The maximum absolute atomic E-state index is 10.7. The third-order valence-electron chi connectivity index (χ3n) is 1.73. The summed E-state index contributed by atoms with van der Waals surface area (Å²) in [4.78, 5) is 20.8. The van der Waals surface area contributed by atoms with E-state index in [0.717, 1.165) is 0 Å². The van der Waals surface area contributed by atoms with Crippen LogP contribution in [0.3, 0.4) is 0 Å². The third-order valence-corrected chi connectivity index (χ3v) is 1.73. The van der Waals surface area contributed by atoms with Crippen LogP contribution in [-0.2, 0) is 14.3 Å². The van der Waals surface area contributed by atoms with Crippen LogP contribution in [0.15, 0.2) is 0 Å². The van der Waals surface area contributed by atoms with Crippen molar-refractivity contribution in [1.82, 2.24) is 0 Å². The molecule has 1 heterocycles. The monoisotopic (exact) mass is 142 g/mol. The molecule has 0 bridgehead atoms. The van der Waals surface area contributed by atoms with Crippen molar-refractivity contribution in [3.8, 4) is 0 Å². The molecular formula is C7H10O3. The van der Waals surface area contributed by atoms with E-state index in [-0.39, 0.29) is 17.8 Å². The van der Waals surface area contributed by atoms with Gasteiger partial charge in [-0.2, -0.15) is 0 Å². The van der Waals surface area contributed by atoms with Crippen LogP contribution in [-0.4, -0.2) is 18.4 Å². The summed E-state index contributed by atoms with van der Waals surface area (Å²) in [6.45, 7) is 3.81. The molecule has 10 heavy (non-hydrogen) atoms. The van der Waals surface area contributed by atoms with E-state index in [1.807, 2.05) is 13.8 Å². The second-order valence-electron chi connectivity index (χ2n) is 2.81. The third kappa shape index (κ3) is 0.916. The molecule has 3 heteroatoms. The lowest BCUT2D eigenvalue weighted by Gasteiger charge is -2.33. The Balaban J connectivity index is 2.55. The molecule has 2 unspecified atom stereocenters. The van der Waals surface area contributed by atoms with E-state index >= 15 is 0 Å². The first-order valence-electron chi connectivity index (χ1n) is 3.32. The molecular weight excluding hydrogens is 132 g/mol. The Hall–Kier alpha value is -0.860. The first kappa shape index (κ1) is 7.25. The van der Waals surface area contributed by atoms with Crippen molar-refractivity contribution in [1.29, 1.82) is 0 Å². The summed E-state index contributed by atoms with van der Waals surface area (Å²) >= 11 is 0. The van der Waals surface area contributed by atoms with E-state index in [1.165, 1.54) is 0 Å². The average Bonchev–Trinajstić information content (AvgIpc) is 1.80. The maximum atomic E-state index is 10.7. The van der Waals surface area contributed by atoms with Gasteiger partial charge in [0, 0.05) is 0 Å². The maximum Gasteiger partial charge on any atom is 0.314 e. The summed E-state index contributed by atoms with van der Waals surface area (Å²) in [5, 5.41) is 0. The zero-order chi connectivity index (χ0) is 7.72. The fourth-order valence-corrected chi connectivity index (χ4v) is 1.11. The molecule has 2 atom stereocenters. The molecule has 1 rings (SSSR count). The largest absolute Gasteiger partial charge is 0.453 e. The Bertz CT molecular complexity index is 162. The molecule has 1 saturated heterocycles. The van der Waals surface area contributed by atoms with Crippen LogP contribution in [0, 0.1) is 11.8 Å². The lowest BCUT2D eigenvalue weighted by molar-refractivity contribution is -0.188. The zero-order valence-electron chi connectivity index (χ0n) is 6.03. The van der Waals surface area contributed by atoms with Gasteiger partial charge in [-0.05, 0) is 5.92 Å². The number of carbonyl (C=O) groups excluding carboxylic acids is 2. The number of rotatable bonds is 2. The summed E-state index contributed by atoms with van der Waals surface area (Å²) < 4.78 is 4.56.